The molecule has 4 nitrogen and oxygen atoms in total. The lowest BCUT2D eigenvalue weighted by Crippen LogP contribution is -2.57. The molecule has 0 aromatic heterocycles. The number of rotatable bonds is 2. The largest absolute Gasteiger partial charge is 0.325 e. The minimum atomic E-state index is -0.591. The van der Waals surface area contributed by atoms with Gasteiger partial charge in [0.25, 0.3) is 5.91 Å². The molecule has 0 N–H and O–H groups in total. The van der Waals surface area contributed by atoms with Gasteiger partial charge in [0.1, 0.15) is 6.04 Å². The number of hydrogen-bond donors (Lipinski definition) is 0. The molecule has 0 spiro atoms. The first-order valence-electron chi connectivity index (χ1n) is 9.02. The van der Waals surface area contributed by atoms with Crippen molar-refractivity contribution in [2.24, 2.45) is 0 Å². The van der Waals surface area contributed by atoms with Crippen LogP contribution in [0.25, 0.3) is 10.8 Å². The van der Waals surface area contributed by atoms with E-state index in [0.29, 0.717) is 23.7 Å². The zero-order chi connectivity index (χ0) is 19.8. The maximum atomic E-state index is 13.1. The van der Waals surface area contributed by atoms with E-state index in [4.69, 9.17) is 23.2 Å². The van der Waals surface area contributed by atoms with Gasteiger partial charge in [-0.05, 0) is 36.6 Å². The van der Waals surface area contributed by atoms with Crippen molar-refractivity contribution in [3.05, 3.63) is 76.3 Å². The van der Waals surface area contributed by atoms with Crippen LogP contribution in [0, 0.1) is 0 Å². The van der Waals surface area contributed by atoms with E-state index in [1.165, 1.54) is 6.07 Å². The lowest BCUT2D eigenvalue weighted by Gasteiger charge is -2.39. The van der Waals surface area contributed by atoms with Crippen molar-refractivity contribution >= 4 is 51.5 Å². The normalized spacial score (nSPS) is 17.2. The Kier molecular flexibility index (Phi) is 5.00. The van der Waals surface area contributed by atoms with Gasteiger partial charge < -0.3 is 9.80 Å². The van der Waals surface area contributed by atoms with E-state index in [1.807, 2.05) is 42.5 Å². The number of carbonyl (C=O) groups excluding carboxylic acids is 2. The van der Waals surface area contributed by atoms with Crippen LogP contribution in [-0.2, 0) is 4.79 Å². The number of halogens is 2. The van der Waals surface area contributed by atoms with Gasteiger partial charge in [0.05, 0.1) is 16.3 Å². The van der Waals surface area contributed by atoms with Crippen LogP contribution in [0.15, 0.2) is 60.7 Å². The van der Waals surface area contributed by atoms with Crippen LogP contribution < -0.4 is 4.90 Å². The molecule has 1 saturated heterocycles. The fourth-order valence-corrected chi connectivity index (χ4v) is 4.14. The minimum Gasteiger partial charge on any atom is -0.325 e. The molecule has 28 heavy (non-hydrogen) atoms. The highest BCUT2D eigenvalue weighted by atomic mass is 35.5. The first-order chi connectivity index (χ1) is 13.5. The van der Waals surface area contributed by atoms with Gasteiger partial charge in [0.15, 0.2) is 0 Å². The number of amides is 2. The summed E-state index contributed by atoms with van der Waals surface area (Å²) in [5.74, 6) is -0.374. The van der Waals surface area contributed by atoms with Crippen LogP contribution in [-0.4, -0.2) is 35.8 Å². The molecular weight excluding hydrogens is 395 g/mol. The SMILES string of the molecule is C[C@@H]1C(=O)N(c2cccc3ccccc23)CCN1C(=O)c1ccc(Cl)cc1Cl. The molecule has 0 bridgehead atoms. The molecule has 1 aliphatic rings. The van der Waals surface area contributed by atoms with Gasteiger partial charge in [-0.25, -0.2) is 0 Å². The number of fused-ring (bicyclic) bond motifs is 1. The molecule has 0 aliphatic carbocycles. The molecule has 6 heteroatoms. The minimum absolute atomic E-state index is 0.110. The van der Waals surface area contributed by atoms with Crippen molar-refractivity contribution in [2.75, 3.05) is 18.0 Å². The average Bonchev–Trinajstić information content (AvgIpc) is 2.69. The Labute approximate surface area is 173 Å². The highest BCUT2D eigenvalue weighted by molar-refractivity contribution is 6.36. The summed E-state index contributed by atoms with van der Waals surface area (Å²) in [5, 5.41) is 2.85. The third-order valence-electron chi connectivity index (χ3n) is 5.14. The molecule has 2 amide bonds. The second kappa shape index (κ2) is 7.46. The van der Waals surface area contributed by atoms with E-state index < -0.39 is 6.04 Å². The highest BCUT2D eigenvalue weighted by Gasteiger charge is 2.36. The van der Waals surface area contributed by atoms with Gasteiger partial charge in [0.2, 0.25) is 5.91 Å². The number of hydrogen-bond acceptors (Lipinski definition) is 2. The smallest absolute Gasteiger partial charge is 0.256 e. The van der Waals surface area contributed by atoms with Crippen molar-refractivity contribution in [3.63, 3.8) is 0 Å². The number of piperazine rings is 1. The van der Waals surface area contributed by atoms with Crippen LogP contribution in [0.1, 0.15) is 17.3 Å². The maximum Gasteiger partial charge on any atom is 0.256 e. The van der Waals surface area contributed by atoms with Crippen molar-refractivity contribution in [1.82, 2.24) is 4.90 Å². The third-order valence-corrected chi connectivity index (χ3v) is 5.68. The summed E-state index contributed by atoms with van der Waals surface area (Å²) >= 11 is 12.1. The lowest BCUT2D eigenvalue weighted by atomic mass is 10.0. The molecule has 4 rings (SSSR count). The Morgan fingerprint density at radius 1 is 1.00 bits per heavy atom. The zero-order valence-corrected chi connectivity index (χ0v) is 16.7. The summed E-state index contributed by atoms with van der Waals surface area (Å²) in [5.41, 5.74) is 1.22. The summed E-state index contributed by atoms with van der Waals surface area (Å²) in [6.07, 6.45) is 0. The molecule has 1 fully saturated rings. The van der Waals surface area contributed by atoms with Gasteiger partial charge >= 0.3 is 0 Å². The van der Waals surface area contributed by atoms with Gasteiger partial charge in [-0.1, -0.05) is 59.6 Å². The summed E-state index contributed by atoms with van der Waals surface area (Å²) in [7, 11) is 0. The topological polar surface area (TPSA) is 40.6 Å². The average molecular weight is 413 g/mol. The van der Waals surface area contributed by atoms with Crippen LogP contribution in [0.4, 0.5) is 5.69 Å². The number of benzene rings is 3. The summed E-state index contributed by atoms with van der Waals surface area (Å²) in [6.45, 7) is 2.60. The van der Waals surface area contributed by atoms with Gasteiger partial charge in [-0.15, -0.1) is 0 Å². The Balaban J connectivity index is 1.63. The molecule has 1 aliphatic heterocycles. The zero-order valence-electron chi connectivity index (χ0n) is 15.2. The predicted molar refractivity (Wildman–Crippen MR) is 113 cm³/mol. The molecule has 0 radical (unpaired) electrons. The Bertz CT molecular complexity index is 1080. The molecule has 142 valence electrons. The van der Waals surface area contributed by atoms with Crippen LogP contribution in [0.2, 0.25) is 10.0 Å². The van der Waals surface area contributed by atoms with E-state index in [-0.39, 0.29) is 16.8 Å². The molecule has 1 atom stereocenters. The molecule has 3 aromatic carbocycles. The molecule has 0 unspecified atom stereocenters. The second-order valence-corrected chi connectivity index (χ2v) is 7.63. The predicted octanol–water partition coefficient (Wildman–Crippen LogP) is 5.02. The lowest BCUT2D eigenvalue weighted by molar-refractivity contribution is -0.124. The number of anilines is 1. The summed E-state index contributed by atoms with van der Waals surface area (Å²) in [6, 6.07) is 18.0. The fourth-order valence-electron chi connectivity index (χ4n) is 3.65. The molecule has 3 aromatic rings. The van der Waals surface area contributed by atoms with E-state index in [2.05, 4.69) is 0 Å². The van der Waals surface area contributed by atoms with Crippen LogP contribution in [0.3, 0.4) is 0 Å². The molecular formula is C22H18Cl2N2O2. The quantitative estimate of drug-likeness (QED) is 0.592. The first-order valence-corrected chi connectivity index (χ1v) is 9.78. The van der Waals surface area contributed by atoms with E-state index in [9.17, 15) is 9.59 Å². The maximum absolute atomic E-state index is 13.1. The van der Waals surface area contributed by atoms with Crippen LogP contribution in [0.5, 0.6) is 0 Å². The molecule has 1 heterocycles. The molecule has 0 saturated carbocycles. The van der Waals surface area contributed by atoms with Crippen molar-refractivity contribution in [1.29, 1.82) is 0 Å². The van der Waals surface area contributed by atoms with E-state index in [1.54, 1.807) is 28.9 Å². The second-order valence-electron chi connectivity index (χ2n) is 6.79. The van der Waals surface area contributed by atoms with Gasteiger partial charge in [0, 0.05) is 23.5 Å². The van der Waals surface area contributed by atoms with Gasteiger partial charge in [-0.3, -0.25) is 9.59 Å². The number of carbonyl (C=O) groups is 2. The van der Waals surface area contributed by atoms with Crippen molar-refractivity contribution < 1.29 is 9.59 Å². The monoisotopic (exact) mass is 412 g/mol. The Hall–Kier alpha value is -2.56. The van der Waals surface area contributed by atoms with E-state index >= 15 is 0 Å². The highest BCUT2D eigenvalue weighted by Crippen LogP contribution is 2.30. The third kappa shape index (κ3) is 3.23. The fraction of sp³-hybridized carbons (Fsp3) is 0.182. The van der Waals surface area contributed by atoms with Crippen molar-refractivity contribution in [3.8, 4) is 0 Å². The Morgan fingerprint density at radius 2 is 1.75 bits per heavy atom. The summed E-state index contributed by atoms with van der Waals surface area (Å²) < 4.78 is 0. The first kappa shape index (κ1) is 18.8. The number of nitrogens with zero attached hydrogens (tertiary/aromatic N) is 2. The van der Waals surface area contributed by atoms with E-state index in [0.717, 1.165) is 16.5 Å². The Morgan fingerprint density at radius 3 is 2.54 bits per heavy atom. The standard InChI is InChI=1S/C22H18Cl2N2O2/c1-14-21(27)26(20-8-4-6-15-5-2-3-7-17(15)20)12-11-25(14)22(28)18-10-9-16(23)13-19(18)24/h2-10,13-14H,11-12H2,1H3/t14-/m1/s1. The van der Waals surface area contributed by atoms with Gasteiger partial charge in [-0.2, -0.15) is 0 Å². The van der Waals surface area contributed by atoms with Crippen molar-refractivity contribution in [2.45, 2.75) is 13.0 Å². The van der Waals surface area contributed by atoms with Crippen LogP contribution >= 0.6 is 23.2 Å². The summed E-state index contributed by atoms with van der Waals surface area (Å²) in [4.78, 5) is 29.4.